The molecule has 0 bridgehead atoms. The van der Waals surface area contributed by atoms with Gasteiger partial charge in [0.05, 0.1) is 5.56 Å². The number of hydrogen-bond donors (Lipinski definition) is 2. The summed E-state index contributed by atoms with van der Waals surface area (Å²) in [5, 5.41) is 2.39. The normalized spacial score (nSPS) is 15.8. The topological polar surface area (TPSA) is 81.4 Å². The van der Waals surface area contributed by atoms with Crippen molar-refractivity contribution in [1.82, 2.24) is 5.32 Å². The molecule has 0 saturated carbocycles. The van der Waals surface area contributed by atoms with Gasteiger partial charge in [0, 0.05) is 25.3 Å². The first-order valence-corrected chi connectivity index (χ1v) is 6.93. The number of hydrogen-bond acceptors (Lipinski definition) is 4. The van der Waals surface area contributed by atoms with Crippen LogP contribution in [0, 0.1) is 5.92 Å². The highest BCUT2D eigenvalue weighted by atomic mass is 16.5. The summed E-state index contributed by atoms with van der Waals surface area (Å²) in [5.41, 5.74) is 6.42. The number of nitrogen functional groups attached to an aromatic ring is 1. The van der Waals surface area contributed by atoms with Gasteiger partial charge >= 0.3 is 0 Å². The van der Waals surface area contributed by atoms with E-state index in [4.69, 9.17) is 10.5 Å². The first-order chi connectivity index (χ1) is 9.66. The lowest BCUT2D eigenvalue weighted by Crippen LogP contribution is -2.31. The van der Waals surface area contributed by atoms with Crippen LogP contribution in [0.1, 0.15) is 36.0 Å². The van der Waals surface area contributed by atoms with Crippen molar-refractivity contribution in [2.75, 3.05) is 18.9 Å². The predicted molar refractivity (Wildman–Crippen MR) is 76.1 cm³/mol. The molecule has 2 amide bonds. The quantitative estimate of drug-likeness (QED) is 0.821. The van der Waals surface area contributed by atoms with E-state index in [1.54, 1.807) is 24.3 Å². The minimum atomic E-state index is -0.430. The molecule has 2 rings (SSSR count). The van der Waals surface area contributed by atoms with Gasteiger partial charge in [-0.3, -0.25) is 14.9 Å². The summed E-state index contributed by atoms with van der Waals surface area (Å²) in [6.07, 6.45) is 3.15. The molecule has 0 aliphatic carbocycles. The number of imide groups is 1. The number of carbonyl (C=O) groups excluding carboxylic acids is 2. The number of amides is 2. The number of rotatable bonds is 4. The summed E-state index contributed by atoms with van der Waals surface area (Å²) >= 11 is 0. The molecule has 3 N–H and O–H groups in total. The van der Waals surface area contributed by atoms with Crippen molar-refractivity contribution in [3.63, 3.8) is 0 Å². The Bertz CT molecular complexity index is 482. The molecule has 1 aliphatic heterocycles. The molecule has 0 unspecified atom stereocenters. The zero-order chi connectivity index (χ0) is 14.4. The van der Waals surface area contributed by atoms with Gasteiger partial charge in [-0.15, -0.1) is 0 Å². The van der Waals surface area contributed by atoms with E-state index in [9.17, 15) is 9.59 Å². The van der Waals surface area contributed by atoms with Gasteiger partial charge < -0.3 is 10.5 Å². The molecule has 1 heterocycles. The third kappa shape index (κ3) is 4.06. The monoisotopic (exact) mass is 276 g/mol. The molecule has 1 saturated heterocycles. The van der Waals surface area contributed by atoms with Crippen molar-refractivity contribution in [3.05, 3.63) is 29.8 Å². The maximum Gasteiger partial charge on any atom is 0.259 e. The minimum Gasteiger partial charge on any atom is -0.398 e. The zero-order valence-corrected chi connectivity index (χ0v) is 11.4. The highest BCUT2D eigenvalue weighted by molar-refractivity contribution is 6.07. The molecule has 0 radical (unpaired) electrons. The van der Waals surface area contributed by atoms with E-state index in [2.05, 4.69) is 5.32 Å². The van der Waals surface area contributed by atoms with Crippen LogP contribution >= 0.6 is 0 Å². The number of benzene rings is 1. The van der Waals surface area contributed by atoms with Gasteiger partial charge in [0.25, 0.3) is 5.91 Å². The van der Waals surface area contributed by atoms with Crippen LogP contribution < -0.4 is 11.1 Å². The molecular formula is C15H20N2O3. The third-order valence-electron chi connectivity index (χ3n) is 3.58. The van der Waals surface area contributed by atoms with Crippen LogP contribution in [0.4, 0.5) is 5.69 Å². The molecule has 0 atom stereocenters. The second-order valence-corrected chi connectivity index (χ2v) is 5.06. The van der Waals surface area contributed by atoms with Crippen LogP contribution in [0.15, 0.2) is 24.3 Å². The molecule has 1 aromatic carbocycles. The molecule has 5 nitrogen and oxygen atoms in total. The summed E-state index contributed by atoms with van der Waals surface area (Å²) in [5.74, 6) is -0.156. The Hall–Kier alpha value is -1.88. The molecule has 1 aliphatic rings. The first kappa shape index (κ1) is 14.5. The third-order valence-corrected chi connectivity index (χ3v) is 3.58. The van der Waals surface area contributed by atoms with E-state index in [-0.39, 0.29) is 5.91 Å². The Morgan fingerprint density at radius 2 is 1.95 bits per heavy atom. The average Bonchev–Trinajstić information content (AvgIpc) is 2.46. The van der Waals surface area contributed by atoms with E-state index in [1.165, 1.54) is 0 Å². The minimum absolute atomic E-state index is 0.246. The lowest BCUT2D eigenvalue weighted by atomic mass is 9.95. The van der Waals surface area contributed by atoms with Crippen LogP contribution in [-0.2, 0) is 9.53 Å². The summed E-state index contributed by atoms with van der Waals surface area (Å²) in [7, 11) is 0. The number of carbonyl (C=O) groups is 2. The van der Waals surface area contributed by atoms with Gasteiger partial charge in [-0.2, -0.15) is 0 Å². The largest absolute Gasteiger partial charge is 0.398 e. The predicted octanol–water partition coefficient (Wildman–Crippen LogP) is 1.73. The molecule has 0 spiro atoms. The molecule has 108 valence electrons. The van der Waals surface area contributed by atoms with Crippen LogP contribution in [0.3, 0.4) is 0 Å². The van der Waals surface area contributed by atoms with Gasteiger partial charge in [0.2, 0.25) is 5.91 Å². The van der Waals surface area contributed by atoms with Crippen molar-refractivity contribution >= 4 is 17.5 Å². The number of ether oxygens (including phenoxy) is 1. The summed E-state index contributed by atoms with van der Waals surface area (Å²) in [4.78, 5) is 23.7. The van der Waals surface area contributed by atoms with Crippen LogP contribution in [-0.4, -0.2) is 25.0 Å². The van der Waals surface area contributed by atoms with Crippen molar-refractivity contribution in [1.29, 1.82) is 0 Å². The van der Waals surface area contributed by atoms with Gasteiger partial charge in [0.15, 0.2) is 0 Å². The fraction of sp³-hybridized carbons (Fsp3) is 0.467. The average molecular weight is 276 g/mol. The molecule has 20 heavy (non-hydrogen) atoms. The maximum absolute atomic E-state index is 11.9. The fourth-order valence-electron chi connectivity index (χ4n) is 2.33. The number of para-hydroxylation sites is 1. The maximum atomic E-state index is 11.9. The fourth-order valence-corrected chi connectivity index (χ4v) is 2.33. The van der Waals surface area contributed by atoms with E-state index < -0.39 is 5.91 Å². The lowest BCUT2D eigenvalue weighted by Gasteiger charge is -2.21. The van der Waals surface area contributed by atoms with E-state index in [1.807, 2.05) is 0 Å². The van der Waals surface area contributed by atoms with Crippen LogP contribution in [0.5, 0.6) is 0 Å². The lowest BCUT2D eigenvalue weighted by molar-refractivity contribution is -0.120. The molecular weight excluding hydrogens is 256 g/mol. The second-order valence-electron chi connectivity index (χ2n) is 5.06. The summed E-state index contributed by atoms with van der Waals surface area (Å²) < 4.78 is 5.27. The van der Waals surface area contributed by atoms with E-state index in [0.717, 1.165) is 32.5 Å². The summed E-state index contributed by atoms with van der Waals surface area (Å²) in [6, 6.07) is 6.72. The van der Waals surface area contributed by atoms with Crippen LogP contribution in [0.25, 0.3) is 0 Å². The number of nitrogens with one attached hydrogen (secondary N) is 1. The Labute approximate surface area is 118 Å². The Morgan fingerprint density at radius 3 is 2.65 bits per heavy atom. The smallest absolute Gasteiger partial charge is 0.259 e. The standard InChI is InChI=1S/C15H20N2O3/c16-13-4-2-1-3-12(13)15(19)17-14(18)6-5-11-7-9-20-10-8-11/h1-4,11H,5-10,16H2,(H,17,18,19). The van der Waals surface area contributed by atoms with E-state index >= 15 is 0 Å². The van der Waals surface area contributed by atoms with Gasteiger partial charge in [-0.05, 0) is 37.3 Å². The number of anilines is 1. The van der Waals surface area contributed by atoms with Crippen LogP contribution in [0.2, 0.25) is 0 Å². The van der Waals surface area contributed by atoms with Gasteiger partial charge in [-0.25, -0.2) is 0 Å². The van der Waals surface area contributed by atoms with Crippen molar-refractivity contribution in [3.8, 4) is 0 Å². The molecule has 0 aromatic heterocycles. The van der Waals surface area contributed by atoms with Crippen molar-refractivity contribution in [2.24, 2.45) is 5.92 Å². The van der Waals surface area contributed by atoms with Crippen molar-refractivity contribution in [2.45, 2.75) is 25.7 Å². The summed E-state index contributed by atoms with van der Waals surface area (Å²) in [6.45, 7) is 1.54. The SMILES string of the molecule is Nc1ccccc1C(=O)NC(=O)CCC1CCOCC1. The van der Waals surface area contributed by atoms with Gasteiger partial charge in [0.1, 0.15) is 0 Å². The van der Waals surface area contributed by atoms with Crippen molar-refractivity contribution < 1.29 is 14.3 Å². The molecule has 5 heteroatoms. The molecule has 1 aromatic rings. The molecule has 1 fully saturated rings. The Kier molecular flexibility index (Phi) is 5.12. The Morgan fingerprint density at radius 1 is 1.25 bits per heavy atom. The Balaban J connectivity index is 1.79. The second kappa shape index (κ2) is 7.05. The first-order valence-electron chi connectivity index (χ1n) is 6.93. The number of nitrogens with two attached hydrogens (primary N) is 1. The van der Waals surface area contributed by atoms with Gasteiger partial charge in [-0.1, -0.05) is 12.1 Å². The highest BCUT2D eigenvalue weighted by Gasteiger charge is 2.17. The zero-order valence-electron chi connectivity index (χ0n) is 11.4. The van der Waals surface area contributed by atoms with E-state index in [0.29, 0.717) is 23.6 Å². The highest BCUT2D eigenvalue weighted by Crippen LogP contribution is 2.19.